The first-order chi connectivity index (χ1) is 8.63. The Balaban J connectivity index is 2.49. The van der Waals surface area contributed by atoms with E-state index in [2.05, 4.69) is 27.3 Å². The molecule has 0 aromatic heterocycles. The van der Waals surface area contributed by atoms with E-state index in [1.54, 1.807) is 6.07 Å². The minimum atomic E-state index is -0.210. The molecule has 18 heavy (non-hydrogen) atoms. The third-order valence-electron chi connectivity index (χ3n) is 2.96. The second kappa shape index (κ2) is 5.63. The molecule has 1 unspecified atom stereocenters. The smallest absolute Gasteiger partial charge is 0.142 e. The highest BCUT2D eigenvalue weighted by Crippen LogP contribution is 2.28. The molecule has 0 amide bonds. The second-order valence-corrected chi connectivity index (χ2v) is 5.13. The Morgan fingerprint density at radius 2 is 1.89 bits per heavy atom. The Morgan fingerprint density at radius 1 is 1.17 bits per heavy atom. The maximum Gasteiger partial charge on any atom is 0.142 e. The quantitative estimate of drug-likeness (QED) is 0.896. The number of aryl methyl sites for hydroxylation is 1. The predicted molar refractivity (Wildman–Crippen MR) is 76.2 cm³/mol. The Bertz CT molecular complexity index is 554. The van der Waals surface area contributed by atoms with Gasteiger partial charge in [-0.25, -0.2) is 4.39 Å². The fourth-order valence-corrected chi connectivity index (χ4v) is 2.48. The van der Waals surface area contributed by atoms with Gasteiger partial charge >= 0.3 is 0 Å². The van der Waals surface area contributed by atoms with Crippen molar-refractivity contribution in [3.63, 3.8) is 0 Å². The summed E-state index contributed by atoms with van der Waals surface area (Å²) in [6.45, 7) is 2.04. The van der Waals surface area contributed by atoms with Gasteiger partial charge in [0.2, 0.25) is 0 Å². The summed E-state index contributed by atoms with van der Waals surface area (Å²) < 4.78 is 14.6. The van der Waals surface area contributed by atoms with Crippen LogP contribution < -0.4 is 5.32 Å². The fraction of sp³-hybridized carbons (Fsp3) is 0.200. The van der Waals surface area contributed by atoms with Crippen LogP contribution in [-0.4, -0.2) is 7.05 Å². The molecule has 0 saturated heterocycles. The zero-order valence-corrected chi connectivity index (χ0v) is 12.0. The van der Waals surface area contributed by atoms with Crippen molar-refractivity contribution in [1.82, 2.24) is 5.32 Å². The van der Waals surface area contributed by atoms with Crippen molar-refractivity contribution >= 4 is 15.9 Å². The second-order valence-electron chi connectivity index (χ2n) is 4.28. The summed E-state index contributed by atoms with van der Waals surface area (Å²) >= 11 is 3.23. The topological polar surface area (TPSA) is 12.0 Å². The average molecular weight is 308 g/mol. The Morgan fingerprint density at radius 3 is 2.56 bits per heavy atom. The van der Waals surface area contributed by atoms with Crippen LogP contribution in [0.25, 0.3) is 0 Å². The van der Waals surface area contributed by atoms with Crippen LogP contribution in [-0.2, 0) is 0 Å². The third-order valence-corrected chi connectivity index (χ3v) is 3.57. The summed E-state index contributed by atoms with van der Waals surface area (Å²) in [6, 6.07) is 13.3. The lowest BCUT2D eigenvalue weighted by Crippen LogP contribution is -2.19. The van der Waals surface area contributed by atoms with Crippen molar-refractivity contribution in [3.05, 3.63) is 69.4 Å². The molecule has 1 nitrogen and oxygen atoms in total. The molecule has 0 spiro atoms. The molecule has 3 heteroatoms. The predicted octanol–water partition coefficient (Wildman–Crippen LogP) is 4.21. The molecule has 0 radical (unpaired) electrons. The Kier molecular flexibility index (Phi) is 4.15. The molecule has 1 atom stereocenters. The van der Waals surface area contributed by atoms with Crippen molar-refractivity contribution in [3.8, 4) is 0 Å². The van der Waals surface area contributed by atoms with E-state index in [1.165, 1.54) is 5.56 Å². The molecule has 2 rings (SSSR count). The van der Waals surface area contributed by atoms with Gasteiger partial charge in [-0.05, 0) is 41.5 Å². The standard InChI is InChI=1S/C15H15BrFN/c1-10-5-3-6-11(9-10)15(18-2)12-7-4-8-13(16)14(12)17/h3-9,15,18H,1-2H3. The molecule has 0 aliphatic heterocycles. The monoisotopic (exact) mass is 307 g/mol. The molecule has 0 fully saturated rings. The lowest BCUT2D eigenvalue weighted by molar-refractivity contribution is 0.571. The van der Waals surface area contributed by atoms with Crippen molar-refractivity contribution in [2.45, 2.75) is 13.0 Å². The van der Waals surface area contributed by atoms with Gasteiger partial charge in [-0.1, -0.05) is 42.0 Å². The van der Waals surface area contributed by atoms with E-state index in [9.17, 15) is 4.39 Å². The van der Waals surface area contributed by atoms with Crippen LogP contribution in [0.2, 0.25) is 0 Å². The molecular weight excluding hydrogens is 293 g/mol. The van der Waals surface area contributed by atoms with Gasteiger partial charge in [0.15, 0.2) is 0 Å². The van der Waals surface area contributed by atoms with Crippen LogP contribution >= 0.6 is 15.9 Å². The van der Waals surface area contributed by atoms with E-state index in [1.807, 2.05) is 44.3 Å². The van der Waals surface area contributed by atoms with Crippen molar-refractivity contribution in [2.75, 3.05) is 7.05 Å². The molecule has 0 heterocycles. The maximum atomic E-state index is 14.1. The van der Waals surface area contributed by atoms with E-state index in [-0.39, 0.29) is 11.9 Å². The van der Waals surface area contributed by atoms with Crippen molar-refractivity contribution in [1.29, 1.82) is 0 Å². The number of rotatable bonds is 3. The zero-order chi connectivity index (χ0) is 13.1. The largest absolute Gasteiger partial charge is 0.309 e. The molecule has 2 aromatic rings. The number of hydrogen-bond donors (Lipinski definition) is 1. The van der Waals surface area contributed by atoms with E-state index in [0.717, 1.165) is 5.56 Å². The number of hydrogen-bond acceptors (Lipinski definition) is 1. The zero-order valence-electron chi connectivity index (χ0n) is 10.4. The van der Waals surface area contributed by atoms with Gasteiger partial charge in [0.05, 0.1) is 10.5 Å². The lowest BCUT2D eigenvalue weighted by atomic mass is 9.97. The van der Waals surface area contributed by atoms with Gasteiger partial charge in [-0.3, -0.25) is 0 Å². The fourth-order valence-electron chi connectivity index (χ4n) is 2.09. The summed E-state index contributed by atoms with van der Waals surface area (Å²) in [7, 11) is 1.84. The minimum Gasteiger partial charge on any atom is -0.309 e. The summed E-state index contributed by atoms with van der Waals surface area (Å²) in [5.41, 5.74) is 2.88. The first-order valence-corrected chi connectivity index (χ1v) is 6.60. The molecular formula is C15H15BrFN. The summed E-state index contributed by atoms with van der Waals surface area (Å²) in [5, 5.41) is 3.17. The van der Waals surface area contributed by atoms with Gasteiger partial charge in [-0.2, -0.15) is 0 Å². The minimum absolute atomic E-state index is 0.137. The lowest BCUT2D eigenvalue weighted by Gasteiger charge is -2.19. The van der Waals surface area contributed by atoms with Crippen LogP contribution in [0.15, 0.2) is 46.9 Å². The van der Waals surface area contributed by atoms with Crippen LogP contribution in [0.5, 0.6) is 0 Å². The van der Waals surface area contributed by atoms with Crippen LogP contribution in [0, 0.1) is 12.7 Å². The van der Waals surface area contributed by atoms with Gasteiger partial charge in [0.25, 0.3) is 0 Å². The Hall–Kier alpha value is -1.19. The van der Waals surface area contributed by atoms with Crippen molar-refractivity contribution in [2.24, 2.45) is 0 Å². The average Bonchev–Trinajstić information content (AvgIpc) is 2.35. The molecule has 94 valence electrons. The van der Waals surface area contributed by atoms with Gasteiger partial charge in [0.1, 0.15) is 5.82 Å². The molecule has 0 aliphatic rings. The highest BCUT2D eigenvalue weighted by atomic mass is 79.9. The SMILES string of the molecule is CNC(c1cccc(C)c1)c1cccc(Br)c1F. The molecule has 0 bridgehead atoms. The summed E-state index contributed by atoms with van der Waals surface area (Å²) in [5.74, 6) is -0.210. The Labute approximate surface area is 115 Å². The van der Waals surface area contributed by atoms with E-state index in [4.69, 9.17) is 0 Å². The first kappa shape index (κ1) is 13.2. The molecule has 2 aromatic carbocycles. The third kappa shape index (κ3) is 2.62. The van der Waals surface area contributed by atoms with Crippen LogP contribution in [0.4, 0.5) is 4.39 Å². The highest BCUT2D eigenvalue weighted by Gasteiger charge is 2.17. The first-order valence-electron chi connectivity index (χ1n) is 5.81. The number of nitrogens with one attached hydrogen (secondary N) is 1. The maximum absolute atomic E-state index is 14.1. The van der Waals surface area contributed by atoms with Crippen LogP contribution in [0.3, 0.4) is 0 Å². The normalized spacial score (nSPS) is 12.4. The van der Waals surface area contributed by atoms with E-state index >= 15 is 0 Å². The van der Waals surface area contributed by atoms with E-state index in [0.29, 0.717) is 10.0 Å². The van der Waals surface area contributed by atoms with Gasteiger partial charge in [-0.15, -0.1) is 0 Å². The van der Waals surface area contributed by atoms with Gasteiger partial charge in [0, 0.05) is 5.56 Å². The van der Waals surface area contributed by atoms with Crippen LogP contribution in [0.1, 0.15) is 22.7 Å². The number of halogens is 2. The summed E-state index contributed by atoms with van der Waals surface area (Å²) in [4.78, 5) is 0. The summed E-state index contributed by atoms with van der Waals surface area (Å²) in [6.07, 6.45) is 0. The highest BCUT2D eigenvalue weighted by molar-refractivity contribution is 9.10. The molecule has 0 aliphatic carbocycles. The van der Waals surface area contributed by atoms with Gasteiger partial charge < -0.3 is 5.32 Å². The molecule has 0 saturated carbocycles. The van der Waals surface area contributed by atoms with Crippen molar-refractivity contribution < 1.29 is 4.39 Å². The number of benzene rings is 2. The molecule has 1 N–H and O–H groups in total. The van der Waals surface area contributed by atoms with E-state index < -0.39 is 0 Å².